The fourth-order valence-electron chi connectivity index (χ4n) is 2.09. The second kappa shape index (κ2) is 5.59. The molecule has 0 bridgehead atoms. The van der Waals surface area contributed by atoms with E-state index in [1.165, 1.54) is 7.11 Å². The number of rotatable bonds is 2. The molecule has 1 aromatic carbocycles. The number of methoxy groups -OCH3 is 1. The van der Waals surface area contributed by atoms with Gasteiger partial charge in [0.05, 0.1) is 18.8 Å². The van der Waals surface area contributed by atoms with Crippen LogP contribution in [0.25, 0.3) is 0 Å². The van der Waals surface area contributed by atoms with Gasteiger partial charge in [-0.3, -0.25) is 4.79 Å². The smallest absolute Gasteiger partial charge is 0.257 e. The second-order valence-electron chi connectivity index (χ2n) is 4.37. The molecule has 1 fully saturated rings. The van der Waals surface area contributed by atoms with Gasteiger partial charge in [-0.15, -0.1) is 0 Å². The van der Waals surface area contributed by atoms with Crippen molar-refractivity contribution in [2.75, 3.05) is 20.2 Å². The van der Waals surface area contributed by atoms with Gasteiger partial charge in [-0.25, -0.2) is 0 Å². The molecule has 1 amide bonds. The molecule has 0 unspecified atom stereocenters. The molecule has 1 aromatic rings. The maximum Gasteiger partial charge on any atom is 0.257 e. The lowest BCUT2D eigenvalue weighted by Gasteiger charge is -2.30. The monoisotopic (exact) mass is 269 g/mol. The van der Waals surface area contributed by atoms with Gasteiger partial charge in [-0.2, -0.15) is 0 Å². The number of hydrogen-bond donors (Lipinski definition) is 1. The Morgan fingerprint density at radius 3 is 2.72 bits per heavy atom. The van der Waals surface area contributed by atoms with Crippen molar-refractivity contribution in [1.82, 2.24) is 4.90 Å². The van der Waals surface area contributed by atoms with Crippen molar-refractivity contribution in [3.8, 4) is 5.75 Å². The van der Waals surface area contributed by atoms with Crippen molar-refractivity contribution in [3.63, 3.8) is 0 Å². The summed E-state index contributed by atoms with van der Waals surface area (Å²) in [6.07, 6.45) is 0.943. The fraction of sp³-hybridized carbons (Fsp3) is 0.462. The number of carbonyl (C=O) groups excluding carboxylic acids is 1. The number of piperidine rings is 1. The highest BCUT2D eigenvalue weighted by Gasteiger charge is 2.24. The van der Waals surface area contributed by atoms with E-state index >= 15 is 0 Å². The van der Waals surface area contributed by atoms with Crippen molar-refractivity contribution in [2.45, 2.75) is 18.9 Å². The lowest BCUT2D eigenvalue weighted by atomic mass is 10.1. The van der Waals surface area contributed by atoms with Crippen molar-refractivity contribution < 1.29 is 14.6 Å². The third-order valence-corrected chi connectivity index (χ3v) is 3.38. The van der Waals surface area contributed by atoms with Crippen LogP contribution < -0.4 is 4.74 Å². The van der Waals surface area contributed by atoms with E-state index in [2.05, 4.69) is 0 Å². The molecule has 1 aliphatic rings. The molecule has 0 atom stereocenters. The number of aliphatic hydroxyl groups is 1. The minimum Gasteiger partial charge on any atom is -0.496 e. The molecule has 0 spiro atoms. The molecule has 2 rings (SSSR count). The summed E-state index contributed by atoms with van der Waals surface area (Å²) in [7, 11) is 1.53. The Labute approximate surface area is 111 Å². The van der Waals surface area contributed by atoms with E-state index in [-0.39, 0.29) is 12.0 Å². The third-order valence-electron chi connectivity index (χ3n) is 3.14. The largest absolute Gasteiger partial charge is 0.496 e. The molecular weight excluding hydrogens is 254 g/mol. The van der Waals surface area contributed by atoms with Crippen LogP contribution in [0.4, 0.5) is 0 Å². The highest BCUT2D eigenvalue weighted by molar-refractivity contribution is 6.31. The molecule has 1 N–H and O–H groups in total. The van der Waals surface area contributed by atoms with Crippen molar-refractivity contribution in [3.05, 3.63) is 28.8 Å². The van der Waals surface area contributed by atoms with Crippen molar-refractivity contribution in [1.29, 1.82) is 0 Å². The van der Waals surface area contributed by atoms with Crippen LogP contribution in [-0.4, -0.2) is 42.2 Å². The number of ether oxygens (including phenoxy) is 1. The van der Waals surface area contributed by atoms with Crippen LogP contribution in [0.15, 0.2) is 18.2 Å². The summed E-state index contributed by atoms with van der Waals surface area (Å²) in [5.74, 6) is 0.428. The predicted octanol–water partition coefficient (Wildman–Crippen LogP) is 1.95. The van der Waals surface area contributed by atoms with Crippen LogP contribution in [0.5, 0.6) is 5.75 Å². The zero-order valence-corrected chi connectivity index (χ0v) is 11.0. The molecule has 0 radical (unpaired) electrons. The quantitative estimate of drug-likeness (QED) is 0.893. The Morgan fingerprint density at radius 2 is 2.11 bits per heavy atom. The van der Waals surface area contributed by atoms with Gasteiger partial charge in [0.2, 0.25) is 0 Å². The normalized spacial score (nSPS) is 16.7. The number of likely N-dealkylation sites (tertiary alicyclic amines) is 1. The lowest BCUT2D eigenvalue weighted by Crippen LogP contribution is -2.40. The number of nitrogens with zero attached hydrogens (tertiary/aromatic N) is 1. The molecule has 5 heteroatoms. The van der Waals surface area contributed by atoms with E-state index in [0.29, 0.717) is 42.3 Å². The zero-order valence-electron chi connectivity index (χ0n) is 10.2. The first-order valence-electron chi connectivity index (χ1n) is 5.92. The maximum atomic E-state index is 12.3. The van der Waals surface area contributed by atoms with Crippen LogP contribution >= 0.6 is 11.6 Å². The number of aliphatic hydroxyl groups excluding tert-OH is 1. The van der Waals surface area contributed by atoms with E-state index in [1.807, 2.05) is 0 Å². The number of halogens is 1. The SMILES string of the molecule is COc1ccc(Cl)cc1C(=O)N1CCC(O)CC1. The number of hydrogen-bond acceptors (Lipinski definition) is 3. The highest BCUT2D eigenvalue weighted by Crippen LogP contribution is 2.25. The van der Waals surface area contributed by atoms with Gasteiger partial charge in [-0.05, 0) is 31.0 Å². The standard InChI is InChI=1S/C13H16ClNO3/c1-18-12-3-2-9(14)8-11(12)13(17)15-6-4-10(16)5-7-15/h2-3,8,10,16H,4-7H2,1H3. The molecule has 0 saturated carbocycles. The van der Waals surface area contributed by atoms with Gasteiger partial charge in [0.1, 0.15) is 5.75 Å². The van der Waals surface area contributed by atoms with Crippen LogP contribution in [0.1, 0.15) is 23.2 Å². The van der Waals surface area contributed by atoms with Gasteiger partial charge >= 0.3 is 0 Å². The molecule has 1 saturated heterocycles. The van der Waals surface area contributed by atoms with E-state index in [4.69, 9.17) is 16.3 Å². The van der Waals surface area contributed by atoms with Crippen LogP contribution in [0.2, 0.25) is 5.02 Å². The Balaban J connectivity index is 2.20. The first-order valence-corrected chi connectivity index (χ1v) is 6.30. The van der Waals surface area contributed by atoms with Gasteiger partial charge in [0.25, 0.3) is 5.91 Å². The average Bonchev–Trinajstić information content (AvgIpc) is 2.39. The van der Waals surface area contributed by atoms with Crippen LogP contribution in [0.3, 0.4) is 0 Å². The molecular formula is C13H16ClNO3. The third kappa shape index (κ3) is 2.76. The Kier molecular flexibility index (Phi) is 4.09. The molecule has 0 aromatic heterocycles. The number of benzene rings is 1. The minimum absolute atomic E-state index is 0.0961. The Hall–Kier alpha value is -1.26. The summed E-state index contributed by atoms with van der Waals surface area (Å²) >= 11 is 5.91. The van der Waals surface area contributed by atoms with Crippen LogP contribution in [0, 0.1) is 0 Å². The summed E-state index contributed by atoms with van der Waals surface area (Å²) in [6.45, 7) is 1.13. The molecule has 1 heterocycles. The Morgan fingerprint density at radius 1 is 1.44 bits per heavy atom. The van der Waals surface area contributed by atoms with Crippen LogP contribution in [-0.2, 0) is 0 Å². The van der Waals surface area contributed by atoms with Gasteiger partial charge < -0.3 is 14.7 Å². The summed E-state index contributed by atoms with van der Waals surface area (Å²) in [5.41, 5.74) is 0.474. The van der Waals surface area contributed by atoms with Crippen molar-refractivity contribution >= 4 is 17.5 Å². The lowest BCUT2D eigenvalue weighted by molar-refractivity contribution is 0.0544. The van der Waals surface area contributed by atoms with Gasteiger partial charge in [0.15, 0.2) is 0 Å². The maximum absolute atomic E-state index is 12.3. The van der Waals surface area contributed by atoms with Crippen molar-refractivity contribution in [2.24, 2.45) is 0 Å². The highest BCUT2D eigenvalue weighted by atomic mass is 35.5. The first-order chi connectivity index (χ1) is 8.61. The van der Waals surface area contributed by atoms with E-state index < -0.39 is 0 Å². The van der Waals surface area contributed by atoms with Gasteiger partial charge in [0, 0.05) is 18.1 Å². The average molecular weight is 270 g/mol. The summed E-state index contributed by atoms with van der Waals surface area (Å²) in [6, 6.07) is 5.00. The minimum atomic E-state index is -0.296. The topological polar surface area (TPSA) is 49.8 Å². The number of amides is 1. The first kappa shape index (κ1) is 13.2. The molecule has 0 aliphatic carbocycles. The number of carbonyl (C=O) groups is 1. The van der Waals surface area contributed by atoms with Gasteiger partial charge in [-0.1, -0.05) is 11.6 Å². The zero-order chi connectivity index (χ0) is 13.1. The second-order valence-corrected chi connectivity index (χ2v) is 4.80. The molecule has 4 nitrogen and oxygen atoms in total. The van der Waals surface area contributed by atoms with E-state index in [1.54, 1.807) is 23.1 Å². The summed E-state index contributed by atoms with van der Waals surface area (Å²) in [4.78, 5) is 14.1. The molecule has 18 heavy (non-hydrogen) atoms. The van der Waals surface area contributed by atoms with E-state index in [0.717, 1.165) is 0 Å². The fourth-order valence-corrected chi connectivity index (χ4v) is 2.26. The summed E-state index contributed by atoms with van der Waals surface area (Å²) in [5, 5.41) is 9.95. The molecule has 98 valence electrons. The molecule has 1 aliphatic heterocycles. The summed E-state index contributed by atoms with van der Waals surface area (Å²) < 4.78 is 5.18. The Bertz CT molecular complexity index is 442. The predicted molar refractivity (Wildman–Crippen MR) is 69.1 cm³/mol. The van der Waals surface area contributed by atoms with E-state index in [9.17, 15) is 9.90 Å².